The van der Waals surface area contributed by atoms with E-state index < -0.39 is 17.7 Å². The summed E-state index contributed by atoms with van der Waals surface area (Å²) in [7, 11) is 0. The molecular weight excluding hydrogens is 454 g/mol. The van der Waals surface area contributed by atoms with Crippen molar-refractivity contribution in [2.45, 2.75) is 19.5 Å². The minimum Gasteiger partial charge on any atom is -0.503 e. The SMILES string of the molecule is Cc1nc(-c2ccccc2)sc1C(=O)C1=C(O)C(=O)N(Cc2cccs2)C1c1cccnc1. The molecule has 6 nitrogen and oxygen atoms in total. The monoisotopic (exact) mass is 473 g/mol. The van der Waals surface area contributed by atoms with Crippen molar-refractivity contribution in [3.8, 4) is 10.6 Å². The summed E-state index contributed by atoms with van der Waals surface area (Å²) in [5.41, 5.74) is 2.21. The molecule has 5 rings (SSSR count). The number of carbonyl (C=O) groups is 2. The molecule has 4 heterocycles. The number of hydrogen-bond acceptors (Lipinski definition) is 7. The van der Waals surface area contributed by atoms with Crippen LogP contribution in [0.3, 0.4) is 0 Å². The summed E-state index contributed by atoms with van der Waals surface area (Å²) >= 11 is 2.78. The topological polar surface area (TPSA) is 83.4 Å². The van der Waals surface area contributed by atoms with Gasteiger partial charge in [0, 0.05) is 22.8 Å². The normalized spacial score (nSPS) is 16.0. The number of aromatic nitrogens is 2. The molecule has 0 spiro atoms. The second-order valence-corrected chi connectivity index (χ2v) is 9.62. The largest absolute Gasteiger partial charge is 0.503 e. The first-order chi connectivity index (χ1) is 16.0. The van der Waals surface area contributed by atoms with E-state index in [-0.39, 0.29) is 17.9 Å². The molecule has 8 heteroatoms. The van der Waals surface area contributed by atoms with E-state index in [1.165, 1.54) is 27.6 Å². The van der Waals surface area contributed by atoms with Crippen molar-refractivity contribution in [2.75, 3.05) is 0 Å². The van der Waals surface area contributed by atoms with Crippen LogP contribution in [0, 0.1) is 6.92 Å². The van der Waals surface area contributed by atoms with E-state index in [4.69, 9.17) is 0 Å². The lowest BCUT2D eigenvalue weighted by Crippen LogP contribution is -2.30. The summed E-state index contributed by atoms with van der Waals surface area (Å²) in [4.78, 5) is 38.5. The number of aliphatic hydroxyl groups is 1. The molecule has 1 aliphatic heterocycles. The predicted molar refractivity (Wildman–Crippen MR) is 128 cm³/mol. The van der Waals surface area contributed by atoms with Crippen molar-refractivity contribution in [1.29, 1.82) is 0 Å². The number of Topliss-reactive ketones (excluding diaryl/α,β-unsaturated/α-hetero) is 1. The van der Waals surface area contributed by atoms with Crippen LogP contribution in [-0.4, -0.2) is 31.7 Å². The van der Waals surface area contributed by atoms with Crippen molar-refractivity contribution in [1.82, 2.24) is 14.9 Å². The van der Waals surface area contributed by atoms with Gasteiger partial charge in [0.2, 0.25) is 5.78 Å². The number of amides is 1. The number of carbonyl (C=O) groups excluding carboxylic acids is 2. The average Bonchev–Trinajstić information content (AvgIpc) is 3.55. The van der Waals surface area contributed by atoms with E-state index in [0.29, 0.717) is 21.1 Å². The molecule has 3 aromatic heterocycles. The molecule has 0 bridgehead atoms. The van der Waals surface area contributed by atoms with Gasteiger partial charge < -0.3 is 10.0 Å². The Morgan fingerprint density at radius 1 is 1.12 bits per heavy atom. The van der Waals surface area contributed by atoms with E-state index in [2.05, 4.69) is 9.97 Å². The molecule has 1 atom stereocenters. The van der Waals surface area contributed by atoms with E-state index in [0.717, 1.165) is 10.4 Å². The molecule has 1 aromatic carbocycles. The Morgan fingerprint density at radius 3 is 2.64 bits per heavy atom. The maximum Gasteiger partial charge on any atom is 0.290 e. The standard InChI is InChI=1S/C25H19N3O3S2/c1-15-23(33-24(27-15)16-7-3-2-4-8-16)21(29)19-20(17-9-5-11-26-13-17)28(25(31)22(19)30)14-18-10-6-12-32-18/h2-13,20,30H,14H2,1H3. The molecule has 164 valence electrons. The molecule has 33 heavy (non-hydrogen) atoms. The molecule has 0 saturated heterocycles. The number of thiophene rings is 1. The van der Waals surface area contributed by atoms with Crippen LogP contribution in [0.5, 0.6) is 0 Å². The number of hydrogen-bond donors (Lipinski definition) is 1. The fourth-order valence-corrected chi connectivity index (χ4v) is 5.67. The van der Waals surface area contributed by atoms with Gasteiger partial charge in [-0.1, -0.05) is 42.5 Å². The lowest BCUT2D eigenvalue weighted by atomic mass is 9.96. The van der Waals surface area contributed by atoms with Gasteiger partial charge in [0.05, 0.1) is 28.7 Å². The lowest BCUT2D eigenvalue weighted by molar-refractivity contribution is -0.130. The molecule has 0 aliphatic carbocycles. The second kappa shape index (κ2) is 8.73. The van der Waals surface area contributed by atoms with Gasteiger partial charge in [-0.3, -0.25) is 14.6 Å². The summed E-state index contributed by atoms with van der Waals surface area (Å²) in [6, 6.07) is 16.3. The number of pyridine rings is 1. The van der Waals surface area contributed by atoms with Crippen molar-refractivity contribution in [2.24, 2.45) is 0 Å². The minimum absolute atomic E-state index is 0.0657. The third-order valence-electron chi connectivity index (χ3n) is 5.48. The van der Waals surface area contributed by atoms with Crippen molar-refractivity contribution in [3.63, 3.8) is 0 Å². The fraction of sp³-hybridized carbons (Fsp3) is 0.120. The van der Waals surface area contributed by atoms with Gasteiger partial charge in [-0.25, -0.2) is 4.98 Å². The summed E-state index contributed by atoms with van der Waals surface area (Å²) in [6.45, 7) is 2.06. The molecule has 0 fully saturated rings. The van der Waals surface area contributed by atoms with Gasteiger partial charge in [-0.05, 0) is 30.0 Å². The Bertz CT molecular complexity index is 1350. The Morgan fingerprint density at radius 2 is 1.94 bits per heavy atom. The number of rotatable bonds is 6. The summed E-state index contributed by atoms with van der Waals surface area (Å²) in [6.07, 6.45) is 3.26. The van der Waals surface area contributed by atoms with Gasteiger partial charge >= 0.3 is 0 Å². The maximum atomic E-state index is 13.8. The highest BCUT2D eigenvalue weighted by molar-refractivity contribution is 7.17. The van der Waals surface area contributed by atoms with Gasteiger partial charge in [-0.15, -0.1) is 22.7 Å². The highest BCUT2D eigenvalue weighted by Crippen LogP contribution is 2.41. The van der Waals surface area contributed by atoms with E-state index in [1.807, 2.05) is 53.9 Å². The number of thiazole rings is 1. The second-order valence-electron chi connectivity index (χ2n) is 7.59. The molecule has 1 aliphatic rings. The van der Waals surface area contributed by atoms with E-state index in [1.54, 1.807) is 25.4 Å². The van der Waals surface area contributed by atoms with Crippen LogP contribution in [0.1, 0.15) is 31.8 Å². The molecule has 0 radical (unpaired) electrons. The maximum absolute atomic E-state index is 13.8. The van der Waals surface area contributed by atoms with Crippen LogP contribution >= 0.6 is 22.7 Å². The zero-order valence-corrected chi connectivity index (χ0v) is 19.3. The highest BCUT2D eigenvalue weighted by Gasteiger charge is 2.44. The number of benzene rings is 1. The lowest BCUT2D eigenvalue weighted by Gasteiger charge is -2.26. The summed E-state index contributed by atoms with van der Waals surface area (Å²) in [5, 5.41) is 13.5. The van der Waals surface area contributed by atoms with Gasteiger partial charge in [0.15, 0.2) is 5.76 Å². The number of ketones is 1. The zero-order chi connectivity index (χ0) is 22.9. The first-order valence-electron chi connectivity index (χ1n) is 10.3. The highest BCUT2D eigenvalue weighted by atomic mass is 32.1. The van der Waals surface area contributed by atoms with E-state index >= 15 is 0 Å². The van der Waals surface area contributed by atoms with Gasteiger partial charge in [-0.2, -0.15) is 0 Å². The average molecular weight is 474 g/mol. The van der Waals surface area contributed by atoms with Gasteiger partial charge in [0.1, 0.15) is 5.01 Å². The summed E-state index contributed by atoms with van der Waals surface area (Å²) in [5.74, 6) is -1.47. The predicted octanol–water partition coefficient (Wildman–Crippen LogP) is 5.35. The Hall–Kier alpha value is -3.62. The van der Waals surface area contributed by atoms with Crippen LogP contribution in [0.2, 0.25) is 0 Å². The molecule has 1 unspecified atom stereocenters. The number of nitrogens with zero attached hydrogens (tertiary/aromatic N) is 3. The molecule has 1 N–H and O–H groups in total. The first-order valence-corrected chi connectivity index (χ1v) is 12.0. The smallest absolute Gasteiger partial charge is 0.290 e. The Labute approximate surface area is 198 Å². The van der Waals surface area contributed by atoms with Crippen LogP contribution in [0.4, 0.5) is 0 Å². The van der Waals surface area contributed by atoms with Crippen molar-refractivity contribution < 1.29 is 14.7 Å². The third kappa shape index (κ3) is 3.88. The molecular formula is C25H19N3O3S2. The fourth-order valence-electron chi connectivity index (χ4n) is 3.94. The summed E-state index contributed by atoms with van der Waals surface area (Å²) < 4.78 is 0. The Kier molecular flexibility index (Phi) is 5.62. The first kappa shape index (κ1) is 21.2. The van der Waals surface area contributed by atoms with Crippen LogP contribution in [0.25, 0.3) is 10.6 Å². The third-order valence-corrected chi connectivity index (χ3v) is 7.54. The quantitative estimate of drug-likeness (QED) is 0.382. The van der Waals surface area contributed by atoms with Gasteiger partial charge in [0.25, 0.3) is 5.91 Å². The van der Waals surface area contributed by atoms with E-state index in [9.17, 15) is 14.7 Å². The van der Waals surface area contributed by atoms with Crippen molar-refractivity contribution in [3.05, 3.63) is 105 Å². The molecule has 1 amide bonds. The minimum atomic E-state index is -0.734. The van der Waals surface area contributed by atoms with Crippen LogP contribution in [0.15, 0.2) is 83.7 Å². The van der Waals surface area contributed by atoms with Crippen LogP contribution < -0.4 is 0 Å². The van der Waals surface area contributed by atoms with Crippen molar-refractivity contribution >= 4 is 34.4 Å². The molecule has 4 aromatic rings. The zero-order valence-electron chi connectivity index (χ0n) is 17.6. The molecule has 0 saturated carbocycles. The Balaban J connectivity index is 1.57. The van der Waals surface area contributed by atoms with Crippen LogP contribution in [-0.2, 0) is 11.3 Å². The number of aryl methyl sites for hydroxylation is 1. The number of aliphatic hydroxyl groups excluding tert-OH is 1.